The smallest absolute Gasteiger partial charge is 0.241 e. The van der Waals surface area contributed by atoms with E-state index in [0.29, 0.717) is 6.61 Å². The number of amides is 1. The Morgan fingerprint density at radius 2 is 2.06 bits per heavy atom. The standard InChI is InChI=1S/C12H18N2O2/c1-4-16-11-8-6-5-7-10(11)13-9-12(15)14(2)3/h5-8,13H,4,9H2,1-3H3. The number of likely N-dealkylation sites (N-methyl/N-ethyl adjacent to an activating group) is 1. The Labute approximate surface area is 96.2 Å². The van der Waals surface area contributed by atoms with Gasteiger partial charge in [0.15, 0.2) is 0 Å². The van der Waals surface area contributed by atoms with E-state index in [0.717, 1.165) is 11.4 Å². The molecule has 0 aliphatic heterocycles. The number of rotatable bonds is 5. The van der Waals surface area contributed by atoms with Gasteiger partial charge in [0, 0.05) is 14.1 Å². The lowest BCUT2D eigenvalue weighted by atomic mass is 10.3. The molecule has 0 heterocycles. The van der Waals surface area contributed by atoms with Crippen molar-refractivity contribution in [2.24, 2.45) is 0 Å². The summed E-state index contributed by atoms with van der Waals surface area (Å²) in [4.78, 5) is 13.0. The molecular formula is C12H18N2O2. The van der Waals surface area contributed by atoms with Crippen LogP contribution in [0, 0.1) is 0 Å². The molecule has 0 radical (unpaired) electrons. The second kappa shape index (κ2) is 6.00. The van der Waals surface area contributed by atoms with Gasteiger partial charge in [-0.15, -0.1) is 0 Å². The Morgan fingerprint density at radius 1 is 1.38 bits per heavy atom. The third-order valence-corrected chi connectivity index (χ3v) is 2.12. The predicted molar refractivity (Wildman–Crippen MR) is 64.8 cm³/mol. The van der Waals surface area contributed by atoms with Crippen molar-refractivity contribution in [1.82, 2.24) is 4.90 Å². The van der Waals surface area contributed by atoms with Gasteiger partial charge < -0.3 is 15.0 Å². The fourth-order valence-electron chi connectivity index (χ4n) is 1.22. The fraction of sp³-hybridized carbons (Fsp3) is 0.417. The van der Waals surface area contributed by atoms with Crippen molar-refractivity contribution in [2.45, 2.75) is 6.92 Å². The van der Waals surface area contributed by atoms with Gasteiger partial charge in [-0.2, -0.15) is 0 Å². The summed E-state index contributed by atoms with van der Waals surface area (Å²) in [7, 11) is 3.47. The third kappa shape index (κ3) is 3.46. The van der Waals surface area contributed by atoms with Gasteiger partial charge in [-0.3, -0.25) is 4.79 Å². The molecule has 4 nitrogen and oxygen atoms in total. The minimum absolute atomic E-state index is 0.0336. The lowest BCUT2D eigenvalue weighted by Gasteiger charge is -2.14. The second-order valence-electron chi connectivity index (χ2n) is 3.57. The summed E-state index contributed by atoms with van der Waals surface area (Å²) >= 11 is 0. The molecule has 0 aliphatic carbocycles. The van der Waals surface area contributed by atoms with Crippen molar-refractivity contribution in [3.63, 3.8) is 0 Å². The fourth-order valence-corrected chi connectivity index (χ4v) is 1.22. The monoisotopic (exact) mass is 222 g/mol. The van der Waals surface area contributed by atoms with E-state index in [-0.39, 0.29) is 12.5 Å². The average molecular weight is 222 g/mol. The molecule has 0 bridgehead atoms. The first-order valence-corrected chi connectivity index (χ1v) is 5.31. The molecule has 0 spiro atoms. The zero-order valence-electron chi connectivity index (χ0n) is 9.99. The minimum Gasteiger partial charge on any atom is -0.492 e. The number of benzene rings is 1. The van der Waals surface area contributed by atoms with E-state index < -0.39 is 0 Å². The third-order valence-electron chi connectivity index (χ3n) is 2.12. The van der Waals surface area contributed by atoms with E-state index >= 15 is 0 Å². The zero-order chi connectivity index (χ0) is 12.0. The first-order chi connectivity index (χ1) is 7.65. The van der Waals surface area contributed by atoms with E-state index in [1.54, 1.807) is 19.0 Å². The maximum absolute atomic E-state index is 11.4. The van der Waals surface area contributed by atoms with Crippen LogP contribution in [0.2, 0.25) is 0 Å². The van der Waals surface area contributed by atoms with Crippen LogP contribution >= 0.6 is 0 Å². The molecular weight excluding hydrogens is 204 g/mol. The Kier molecular flexibility index (Phi) is 4.64. The molecule has 0 aromatic heterocycles. The van der Waals surface area contributed by atoms with Gasteiger partial charge in [-0.05, 0) is 19.1 Å². The van der Waals surface area contributed by atoms with Gasteiger partial charge in [0.05, 0.1) is 18.8 Å². The van der Waals surface area contributed by atoms with Gasteiger partial charge in [0.25, 0.3) is 0 Å². The summed E-state index contributed by atoms with van der Waals surface area (Å²) in [6, 6.07) is 7.59. The van der Waals surface area contributed by atoms with Gasteiger partial charge in [-0.25, -0.2) is 0 Å². The van der Waals surface area contributed by atoms with Crippen LogP contribution in [0.15, 0.2) is 24.3 Å². The van der Waals surface area contributed by atoms with E-state index in [2.05, 4.69) is 5.32 Å². The number of carbonyl (C=O) groups excluding carboxylic acids is 1. The number of para-hydroxylation sites is 2. The summed E-state index contributed by atoms with van der Waals surface area (Å²) in [5, 5.41) is 3.06. The second-order valence-corrected chi connectivity index (χ2v) is 3.57. The predicted octanol–water partition coefficient (Wildman–Crippen LogP) is 1.59. The van der Waals surface area contributed by atoms with Gasteiger partial charge in [-0.1, -0.05) is 12.1 Å². The Hall–Kier alpha value is -1.71. The Morgan fingerprint density at radius 3 is 2.69 bits per heavy atom. The molecule has 0 atom stereocenters. The van der Waals surface area contributed by atoms with Gasteiger partial charge in [0.1, 0.15) is 5.75 Å². The molecule has 4 heteroatoms. The summed E-state index contributed by atoms with van der Waals surface area (Å²) in [6.07, 6.45) is 0. The Bertz CT molecular complexity index is 351. The number of nitrogens with one attached hydrogen (secondary N) is 1. The molecule has 88 valence electrons. The molecule has 0 saturated carbocycles. The maximum atomic E-state index is 11.4. The van der Waals surface area contributed by atoms with Crippen LogP contribution in [0.1, 0.15) is 6.92 Å². The maximum Gasteiger partial charge on any atom is 0.241 e. The van der Waals surface area contributed by atoms with Crippen LogP contribution in [-0.4, -0.2) is 38.1 Å². The summed E-state index contributed by atoms with van der Waals surface area (Å²) < 4.78 is 5.44. The molecule has 1 aromatic carbocycles. The number of anilines is 1. The highest BCUT2D eigenvalue weighted by Crippen LogP contribution is 2.23. The van der Waals surface area contributed by atoms with Crippen molar-refractivity contribution in [1.29, 1.82) is 0 Å². The largest absolute Gasteiger partial charge is 0.492 e. The topological polar surface area (TPSA) is 41.6 Å². The number of ether oxygens (including phenoxy) is 1. The van der Waals surface area contributed by atoms with Crippen LogP contribution in [0.4, 0.5) is 5.69 Å². The summed E-state index contributed by atoms with van der Waals surface area (Å²) in [5.74, 6) is 0.808. The molecule has 16 heavy (non-hydrogen) atoms. The number of hydrogen-bond donors (Lipinski definition) is 1. The highest BCUT2D eigenvalue weighted by Gasteiger charge is 2.06. The normalized spacial score (nSPS) is 9.69. The minimum atomic E-state index is 0.0336. The molecule has 1 rings (SSSR count). The van der Waals surface area contributed by atoms with Crippen LogP contribution < -0.4 is 10.1 Å². The van der Waals surface area contributed by atoms with Crippen molar-refractivity contribution in [3.05, 3.63) is 24.3 Å². The van der Waals surface area contributed by atoms with E-state index in [9.17, 15) is 4.79 Å². The quantitative estimate of drug-likeness (QED) is 0.822. The molecule has 0 aliphatic rings. The molecule has 1 aromatic rings. The summed E-state index contributed by atoms with van der Waals surface area (Å²) in [5.41, 5.74) is 0.847. The van der Waals surface area contributed by atoms with Crippen LogP contribution in [0.5, 0.6) is 5.75 Å². The van der Waals surface area contributed by atoms with Crippen molar-refractivity contribution < 1.29 is 9.53 Å². The van der Waals surface area contributed by atoms with E-state index in [1.165, 1.54) is 0 Å². The molecule has 0 saturated heterocycles. The molecule has 1 amide bonds. The lowest BCUT2D eigenvalue weighted by Crippen LogP contribution is -2.28. The lowest BCUT2D eigenvalue weighted by molar-refractivity contribution is -0.126. The van der Waals surface area contributed by atoms with E-state index in [1.807, 2.05) is 31.2 Å². The van der Waals surface area contributed by atoms with Crippen LogP contribution in [0.25, 0.3) is 0 Å². The first-order valence-electron chi connectivity index (χ1n) is 5.31. The molecule has 0 unspecified atom stereocenters. The SMILES string of the molecule is CCOc1ccccc1NCC(=O)N(C)C. The summed E-state index contributed by atoms with van der Waals surface area (Å²) in [6.45, 7) is 2.82. The van der Waals surface area contributed by atoms with Crippen molar-refractivity contribution in [2.75, 3.05) is 32.6 Å². The molecule has 1 N–H and O–H groups in total. The number of nitrogens with zero attached hydrogens (tertiary/aromatic N) is 1. The highest BCUT2D eigenvalue weighted by atomic mass is 16.5. The van der Waals surface area contributed by atoms with Crippen LogP contribution in [-0.2, 0) is 4.79 Å². The first kappa shape index (κ1) is 12.4. The highest BCUT2D eigenvalue weighted by molar-refractivity contribution is 5.80. The Balaban J connectivity index is 2.62. The van der Waals surface area contributed by atoms with Gasteiger partial charge in [0.2, 0.25) is 5.91 Å². The van der Waals surface area contributed by atoms with Crippen LogP contribution in [0.3, 0.4) is 0 Å². The van der Waals surface area contributed by atoms with Crippen molar-refractivity contribution >= 4 is 11.6 Å². The average Bonchev–Trinajstić information content (AvgIpc) is 2.27. The number of hydrogen-bond acceptors (Lipinski definition) is 3. The number of carbonyl (C=O) groups is 1. The van der Waals surface area contributed by atoms with E-state index in [4.69, 9.17) is 4.74 Å². The molecule has 0 fully saturated rings. The zero-order valence-corrected chi connectivity index (χ0v) is 9.99. The van der Waals surface area contributed by atoms with Gasteiger partial charge >= 0.3 is 0 Å². The van der Waals surface area contributed by atoms with Crippen molar-refractivity contribution in [3.8, 4) is 5.75 Å².